The van der Waals surface area contributed by atoms with Crippen molar-refractivity contribution in [3.63, 3.8) is 0 Å². The van der Waals surface area contributed by atoms with Gasteiger partial charge < -0.3 is 0 Å². The fraction of sp³-hybridized carbons (Fsp3) is 0. The van der Waals surface area contributed by atoms with E-state index in [0.717, 1.165) is 10.6 Å². The highest BCUT2D eigenvalue weighted by atomic mass is 79.9. The second-order valence-electron chi connectivity index (χ2n) is 3.19. The van der Waals surface area contributed by atoms with Gasteiger partial charge in [0.2, 0.25) is 0 Å². The van der Waals surface area contributed by atoms with Gasteiger partial charge >= 0.3 is 5.69 Å². The number of aromatic amines is 1. The Bertz CT molecular complexity index is 662. The van der Waals surface area contributed by atoms with E-state index >= 15 is 0 Å². The first-order valence-electron chi connectivity index (χ1n) is 4.46. The third kappa shape index (κ3) is 2.46. The maximum absolute atomic E-state index is 11.7. The minimum Gasteiger partial charge on any atom is -0.297 e. The SMILES string of the molecule is O=c1cc(Cl)[nH]c(=O)n1-c1ccc(Br)c(Cl)c1. The Balaban J connectivity index is 2.73. The molecule has 0 unspecified atom stereocenters. The van der Waals surface area contributed by atoms with Crippen molar-refractivity contribution in [1.29, 1.82) is 0 Å². The number of benzene rings is 1. The molecule has 0 saturated carbocycles. The zero-order chi connectivity index (χ0) is 12.6. The van der Waals surface area contributed by atoms with E-state index in [-0.39, 0.29) is 5.15 Å². The van der Waals surface area contributed by atoms with E-state index < -0.39 is 11.2 Å². The van der Waals surface area contributed by atoms with Crippen LogP contribution in [0.3, 0.4) is 0 Å². The summed E-state index contributed by atoms with van der Waals surface area (Å²) < 4.78 is 1.63. The van der Waals surface area contributed by atoms with Gasteiger partial charge in [-0.3, -0.25) is 9.78 Å². The minimum absolute atomic E-state index is 0.000501. The number of hydrogen-bond acceptors (Lipinski definition) is 2. The molecule has 1 aromatic carbocycles. The standard InChI is InChI=1S/C10H5BrCl2N2O2/c11-6-2-1-5(3-7(6)12)15-9(16)4-8(13)14-10(15)17/h1-4H,(H,14,17). The summed E-state index contributed by atoms with van der Waals surface area (Å²) in [5, 5.41) is 0.406. The Kier molecular flexibility index (Phi) is 3.42. The van der Waals surface area contributed by atoms with E-state index in [1.54, 1.807) is 12.1 Å². The molecule has 17 heavy (non-hydrogen) atoms. The van der Waals surface area contributed by atoms with E-state index in [0.29, 0.717) is 15.2 Å². The third-order valence-corrected chi connectivity index (χ3v) is 3.50. The molecule has 7 heteroatoms. The van der Waals surface area contributed by atoms with Gasteiger partial charge in [-0.2, -0.15) is 0 Å². The number of H-pyrrole nitrogens is 1. The first-order valence-corrected chi connectivity index (χ1v) is 6.01. The summed E-state index contributed by atoms with van der Waals surface area (Å²) in [7, 11) is 0. The van der Waals surface area contributed by atoms with Crippen molar-refractivity contribution >= 4 is 39.1 Å². The van der Waals surface area contributed by atoms with Crippen LogP contribution in [0.5, 0.6) is 0 Å². The molecule has 1 N–H and O–H groups in total. The summed E-state index contributed by atoms with van der Waals surface area (Å²) >= 11 is 14.7. The van der Waals surface area contributed by atoms with Gasteiger partial charge in [-0.05, 0) is 34.1 Å². The topological polar surface area (TPSA) is 54.9 Å². The quantitative estimate of drug-likeness (QED) is 0.814. The summed E-state index contributed by atoms with van der Waals surface area (Å²) in [6.45, 7) is 0. The molecule has 0 radical (unpaired) electrons. The smallest absolute Gasteiger partial charge is 0.297 e. The molecule has 0 amide bonds. The van der Waals surface area contributed by atoms with Crippen LogP contribution in [0.2, 0.25) is 10.2 Å². The van der Waals surface area contributed by atoms with Gasteiger partial charge in [0, 0.05) is 10.5 Å². The second-order valence-corrected chi connectivity index (χ2v) is 4.86. The number of halogens is 3. The monoisotopic (exact) mass is 334 g/mol. The van der Waals surface area contributed by atoms with E-state index in [9.17, 15) is 9.59 Å². The van der Waals surface area contributed by atoms with Crippen LogP contribution >= 0.6 is 39.1 Å². The van der Waals surface area contributed by atoms with Crippen LogP contribution in [0.15, 0.2) is 38.3 Å². The summed E-state index contributed by atoms with van der Waals surface area (Å²) in [6.07, 6.45) is 0. The Morgan fingerprint density at radius 1 is 1.18 bits per heavy atom. The molecule has 1 heterocycles. The lowest BCUT2D eigenvalue weighted by Gasteiger charge is -2.05. The Morgan fingerprint density at radius 2 is 1.88 bits per heavy atom. The fourth-order valence-electron chi connectivity index (χ4n) is 1.34. The molecule has 0 aliphatic carbocycles. The number of nitrogens with one attached hydrogen (secondary N) is 1. The van der Waals surface area contributed by atoms with Crippen LogP contribution in [-0.4, -0.2) is 9.55 Å². The molecule has 88 valence electrons. The Hall–Kier alpha value is -1.04. The maximum atomic E-state index is 11.7. The molecule has 0 atom stereocenters. The van der Waals surface area contributed by atoms with Gasteiger partial charge in [-0.1, -0.05) is 23.2 Å². The molecule has 0 aliphatic heterocycles. The lowest BCUT2D eigenvalue weighted by molar-refractivity contribution is 0.876. The molecule has 0 saturated heterocycles. The molecule has 0 spiro atoms. The predicted molar refractivity (Wildman–Crippen MR) is 70.4 cm³/mol. The highest BCUT2D eigenvalue weighted by molar-refractivity contribution is 9.10. The van der Waals surface area contributed by atoms with Crippen LogP contribution in [0, 0.1) is 0 Å². The highest BCUT2D eigenvalue weighted by Gasteiger charge is 2.07. The number of rotatable bonds is 1. The second kappa shape index (κ2) is 4.68. The lowest BCUT2D eigenvalue weighted by atomic mass is 10.3. The molecular weight excluding hydrogens is 331 g/mol. The van der Waals surface area contributed by atoms with Gasteiger partial charge in [-0.15, -0.1) is 0 Å². The van der Waals surface area contributed by atoms with Crippen LogP contribution < -0.4 is 11.2 Å². The fourth-order valence-corrected chi connectivity index (χ4v) is 1.93. The first kappa shape index (κ1) is 12.4. The van der Waals surface area contributed by atoms with Gasteiger partial charge in [0.25, 0.3) is 5.56 Å². The third-order valence-electron chi connectivity index (χ3n) is 2.06. The van der Waals surface area contributed by atoms with Crippen molar-refractivity contribution in [3.05, 3.63) is 59.8 Å². The van der Waals surface area contributed by atoms with Crippen molar-refractivity contribution < 1.29 is 0 Å². The van der Waals surface area contributed by atoms with Gasteiger partial charge in [0.05, 0.1) is 10.7 Å². The molecular formula is C10H5BrCl2N2O2. The lowest BCUT2D eigenvalue weighted by Crippen LogP contribution is -2.32. The largest absolute Gasteiger partial charge is 0.334 e. The molecule has 0 fully saturated rings. The van der Waals surface area contributed by atoms with E-state index in [2.05, 4.69) is 20.9 Å². The summed E-state index contributed by atoms with van der Waals surface area (Å²) in [5.74, 6) is 0. The summed E-state index contributed by atoms with van der Waals surface area (Å²) in [4.78, 5) is 25.6. The van der Waals surface area contributed by atoms with Gasteiger partial charge in [0.15, 0.2) is 0 Å². The number of aromatic nitrogens is 2. The zero-order valence-corrected chi connectivity index (χ0v) is 11.3. The highest BCUT2D eigenvalue weighted by Crippen LogP contribution is 2.23. The average molecular weight is 336 g/mol. The van der Waals surface area contributed by atoms with Gasteiger partial charge in [-0.25, -0.2) is 9.36 Å². The van der Waals surface area contributed by atoms with Crippen LogP contribution in [0.4, 0.5) is 0 Å². The number of nitrogens with zero attached hydrogens (tertiary/aromatic N) is 1. The normalized spacial score (nSPS) is 10.5. The van der Waals surface area contributed by atoms with Crippen LogP contribution in [0.25, 0.3) is 5.69 Å². The molecule has 1 aromatic heterocycles. The zero-order valence-electron chi connectivity index (χ0n) is 8.21. The first-order chi connectivity index (χ1) is 7.99. The molecule has 0 bridgehead atoms. The van der Waals surface area contributed by atoms with Crippen LogP contribution in [0.1, 0.15) is 0 Å². The Morgan fingerprint density at radius 3 is 2.47 bits per heavy atom. The molecule has 2 rings (SSSR count). The van der Waals surface area contributed by atoms with E-state index in [1.165, 1.54) is 6.07 Å². The Labute approximate surface area is 114 Å². The summed E-state index contributed by atoms with van der Waals surface area (Å²) in [5.41, 5.74) is -0.751. The van der Waals surface area contributed by atoms with Crippen LogP contribution in [-0.2, 0) is 0 Å². The number of hydrogen-bond donors (Lipinski definition) is 1. The van der Waals surface area contributed by atoms with Crippen molar-refractivity contribution in [2.24, 2.45) is 0 Å². The molecule has 2 aromatic rings. The molecule has 0 aliphatic rings. The van der Waals surface area contributed by atoms with Crippen molar-refractivity contribution in [1.82, 2.24) is 9.55 Å². The summed E-state index contributed by atoms with van der Waals surface area (Å²) in [6, 6.07) is 5.88. The van der Waals surface area contributed by atoms with Crippen molar-refractivity contribution in [3.8, 4) is 5.69 Å². The van der Waals surface area contributed by atoms with Crippen molar-refractivity contribution in [2.75, 3.05) is 0 Å². The maximum Gasteiger partial charge on any atom is 0.334 e. The van der Waals surface area contributed by atoms with E-state index in [4.69, 9.17) is 23.2 Å². The predicted octanol–water partition coefficient (Wildman–Crippen LogP) is 2.60. The van der Waals surface area contributed by atoms with Crippen molar-refractivity contribution in [2.45, 2.75) is 0 Å². The molecule has 4 nitrogen and oxygen atoms in total. The van der Waals surface area contributed by atoms with Gasteiger partial charge in [0.1, 0.15) is 5.15 Å². The van der Waals surface area contributed by atoms with E-state index in [1.807, 2.05) is 0 Å². The minimum atomic E-state index is -0.610. The average Bonchev–Trinajstić information content (AvgIpc) is 2.21.